The molecule has 2 aliphatic rings. The molecule has 1 atom stereocenters. The zero-order chi connectivity index (χ0) is 13.5. The fourth-order valence-corrected chi connectivity index (χ4v) is 2.28. The molecule has 1 aliphatic heterocycles. The maximum Gasteiger partial charge on any atom is 0.412 e. The van der Waals surface area contributed by atoms with E-state index in [1.54, 1.807) is 6.34 Å². The van der Waals surface area contributed by atoms with E-state index in [9.17, 15) is 13.2 Å². The van der Waals surface area contributed by atoms with Crippen molar-refractivity contribution in [3.05, 3.63) is 53.8 Å². The van der Waals surface area contributed by atoms with Crippen LogP contribution in [0.4, 0.5) is 18.9 Å². The smallest absolute Gasteiger partial charge is 0.303 e. The van der Waals surface area contributed by atoms with Crippen molar-refractivity contribution in [2.75, 3.05) is 4.90 Å². The number of anilines is 1. The average molecular weight is 264 g/mol. The summed E-state index contributed by atoms with van der Waals surface area (Å²) in [5.41, 5.74) is 1.18. The molecule has 0 N–H and O–H groups in total. The zero-order valence-electron chi connectivity index (χ0n) is 9.93. The van der Waals surface area contributed by atoms with Crippen molar-refractivity contribution >= 4 is 12.0 Å². The SMILES string of the molecule is FC(F)(F)C1=CC=C2C(C1)N=CN2c1ccccc1. The number of hydrogen-bond donors (Lipinski definition) is 0. The number of rotatable bonds is 1. The predicted molar refractivity (Wildman–Crippen MR) is 68.0 cm³/mol. The molecule has 0 saturated heterocycles. The topological polar surface area (TPSA) is 15.6 Å². The van der Waals surface area contributed by atoms with Gasteiger partial charge in [-0.2, -0.15) is 13.2 Å². The fraction of sp³-hybridized carbons (Fsp3) is 0.214. The lowest BCUT2D eigenvalue weighted by molar-refractivity contribution is -0.0944. The highest BCUT2D eigenvalue weighted by atomic mass is 19.4. The quantitative estimate of drug-likeness (QED) is 0.755. The number of halogens is 3. The van der Waals surface area contributed by atoms with Gasteiger partial charge in [0.15, 0.2) is 0 Å². The van der Waals surface area contributed by atoms with E-state index in [1.165, 1.54) is 6.08 Å². The van der Waals surface area contributed by atoms with Crippen LogP contribution in [0.1, 0.15) is 6.42 Å². The number of fused-ring (bicyclic) bond motifs is 1. The van der Waals surface area contributed by atoms with Gasteiger partial charge in [0, 0.05) is 23.4 Å². The molecule has 0 aromatic heterocycles. The maximum atomic E-state index is 12.7. The van der Waals surface area contributed by atoms with Crippen LogP contribution in [0.5, 0.6) is 0 Å². The van der Waals surface area contributed by atoms with Crippen LogP contribution in [0.2, 0.25) is 0 Å². The lowest BCUT2D eigenvalue weighted by Crippen LogP contribution is -2.25. The molecular weight excluding hydrogens is 253 g/mol. The highest BCUT2D eigenvalue weighted by molar-refractivity contribution is 5.87. The summed E-state index contributed by atoms with van der Waals surface area (Å²) in [6.07, 6.45) is -0.0979. The summed E-state index contributed by atoms with van der Waals surface area (Å²) in [7, 11) is 0. The molecule has 19 heavy (non-hydrogen) atoms. The number of nitrogens with zero attached hydrogens (tertiary/aromatic N) is 2. The van der Waals surface area contributed by atoms with Gasteiger partial charge >= 0.3 is 6.18 Å². The Morgan fingerprint density at radius 3 is 2.53 bits per heavy atom. The molecule has 5 heteroatoms. The largest absolute Gasteiger partial charge is 0.412 e. The van der Waals surface area contributed by atoms with Crippen molar-refractivity contribution in [3.63, 3.8) is 0 Å². The monoisotopic (exact) mass is 264 g/mol. The Bertz CT molecular complexity index is 570. The van der Waals surface area contributed by atoms with Crippen molar-refractivity contribution in [1.82, 2.24) is 0 Å². The molecule has 0 saturated carbocycles. The molecule has 1 aromatic rings. The third kappa shape index (κ3) is 2.16. The van der Waals surface area contributed by atoms with E-state index >= 15 is 0 Å². The van der Waals surface area contributed by atoms with Crippen molar-refractivity contribution in [2.24, 2.45) is 4.99 Å². The third-order valence-corrected chi connectivity index (χ3v) is 3.25. The van der Waals surface area contributed by atoms with Gasteiger partial charge in [0.25, 0.3) is 0 Å². The van der Waals surface area contributed by atoms with Crippen LogP contribution in [-0.4, -0.2) is 18.6 Å². The van der Waals surface area contributed by atoms with Crippen LogP contribution in [-0.2, 0) is 0 Å². The summed E-state index contributed by atoms with van der Waals surface area (Å²) in [4.78, 5) is 6.00. The lowest BCUT2D eigenvalue weighted by Gasteiger charge is -2.24. The highest BCUT2D eigenvalue weighted by Crippen LogP contribution is 2.37. The van der Waals surface area contributed by atoms with Crippen molar-refractivity contribution < 1.29 is 13.2 Å². The molecule has 1 aliphatic carbocycles. The molecule has 0 amide bonds. The number of hydrogen-bond acceptors (Lipinski definition) is 2. The molecule has 1 aromatic carbocycles. The first kappa shape index (κ1) is 12.0. The van der Waals surface area contributed by atoms with Gasteiger partial charge in [-0.15, -0.1) is 0 Å². The van der Waals surface area contributed by atoms with E-state index in [1.807, 2.05) is 35.2 Å². The minimum Gasteiger partial charge on any atom is -0.303 e. The third-order valence-electron chi connectivity index (χ3n) is 3.25. The van der Waals surface area contributed by atoms with Gasteiger partial charge in [-0.05, 0) is 18.2 Å². The van der Waals surface area contributed by atoms with Gasteiger partial charge in [0.1, 0.15) is 0 Å². The van der Waals surface area contributed by atoms with E-state index in [0.717, 1.165) is 17.5 Å². The number of allylic oxidation sites excluding steroid dienone is 2. The molecule has 1 heterocycles. The van der Waals surface area contributed by atoms with Gasteiger partial charge in [0.05, 0.1) is 12.4 Å². The minimum absolute atomic E-state index is 0.0881. The number of alkyl halides is 3. The molecule has 0 fully saturated rings. The molecule has 1 unspecified atom stereocenters. The zero-order valence-corrected chi connectivity index (χ0v) is 9.93. The molecular formula is C14H11F3N2. The average Bonchev–Trinajstić information content (AvgIpc) is 2.81. The second-order valence-corrected chi connectivity index (χ2v) is 4.47. The van der Waals surface area contributed by atoms with Crippen molar-refractivity contribution in [1.29, 1.82) is 0 Å². The molecule has 0 bridgehead atoms. The van der Waals surface area contributed by atoms with Crippen LogP contribution in [0, 0.1) is 0 Å². The van der Waals surface area contributed by atoms with Crippen LogP contribution < -0.4 is 4.90 Å². The maximum absolute atomic E-state index is 12.7. The first-order valence-corrected chi connectivity index (χ1v) is 5.91. The standard InChI is InChI=1S/C14H11F3N2/c15-14(16,17)10-6-7-13-12(8-10)18-9-19(13)11-4-2-1-3-5-11/h1-7,9,12H,8H2. The van der Waals surface area contributed by atoms with E-state index < -0.39 is 17.8 Å². The van der Waals surface area contributed by atoms with Gasteiger partial charge in [-0.1, -0.05) is 24.3 Å². The molecule has 0 spiro atoms. The van der Waals surface area contributed by atoms with Crippen LogP contribution >= 0.6 is 0 Å². The first-order valence-electron chi connectivity index (χ1n) is 5.91. The molecule has 0 radical (unpaired) electrons. The minimum atomic E-state index is -4.27. The van der Waals surface area contributed by atoms with E-state index in [-0.39, 0.29) is 6.42 Å². The second-order valence-electron chi connectivity index (χ2n) is 4.47. The van der Waals surface area contributed by atoms with E-state index in [4.69, 9.17) is 0 Å². The Morgan fingerprint density at radius 2 is 1.84 bits per heavy atom. The summed E-state index contributed by atoms with van der Waals surface area (Å²) in [6, 6.07) is 9.04. The fourth-order valence-electron chi connectivity index (χ4n) is 2.28. The second kappa shape index (κ2) is 4.26. The van der Waals surface area contributed by atoms with Gasteiger partial charge in [-0.25, -0.2) is 0 Å². The first-order chi connectivity index (χ1) is 9.05. The summed E-state index contributed by atoms with van der Waals surface area (Å²) in [5.74, 6) is 0. The number of para-hydroxylation sites is 1. The van der Waals surface area contributed by atoms with Crippen LogP contribution in [0.3, 0.4) is 0 Å². The Labute approximate surface area is 108 Å². The Kier molecular flexibility index (Phi) is 2.69. The summed E-state index contributed by atoms with van der Waals surface area (Å²) in [6.45, 7) is 0. The van der Waals surface area contributed by atoms with Crippen LogP contribution in [0.25, 0.3) is 0 Å². The van der Waals surface area contributed by atoms with Crippen LogP contribution in [0.15, 0.2) is 58.7 Å². The van der Waals surface area contributed by atoms with Gasteiger partial charge < -0.3 is 4.90 Å². The molecule has 3 rings (SSSR count). The van der Waals surface area contributed by atoms with Gasteiger partial charge in [-0.3, -0.25) is 4.99 Å². The van der Waals surface area contributed by atoms with E-state index in [0.29, 0.717) is 0 Å². The normalized spacial score (nSPS) is 22.1. The predicted octanol–water partition coefficient (Wildman–Crippen LogP) is 3.68. The summed E-state index contributed by atoms with van der Waals surface area (Å²) >= 11 is 0. The number of benzene rings is 1. The molecule has 98 valence electrons. The van der Waals surface area contributed by atoms with Crippen molar-refractivity contribution in [3.8, 4) is 0 Å². The Morgan fingerprint density at radius 1 is 1.11 bits per heavy atom. The summed E-state index contributed by atoms with van der Waals surface area (Å²) in [5, 5.41) is 0. The van der Waals surface area contributed by atoms with Gasteiger partial charge in [0.2, 0.25) is 0 Å². The highest BCUT2D eigenvalue weighted by Gasteiger charge is 2.39. The molecule has 2 nitrogen and oxygen atoms in total. The Hall–Kier alpha value is -2.04. The lowest BCUT2D eigenvalue weighted by atomic mass is 9.97. The summed E-state index contributed by atoms with van der Waals surface area (Å²) < 4.78 is 38.0. The number of aliphatic imine (C=N–C) groups is 1. The van der Waals surface area contributed by atoms with Crippen molar-refractivity contribution in [2.45, 2.75) is 18.6 Å². The van der Waals surface area contributed by atoms with E-state index in [2.05, 4.69) is 4.99 Å². The Balaban J connectivity index is 1.92.